The predicted octanol–water partition coefficient (Wildman–Crippen LogP) is 5.40. The van der Waals surface area contributed by atoms with E-state index in [9.17, 15) is 14.4 Å². The number of nitrogens with one attached hydrogen (secondary N) is 1. The molecule has 2 saturated heterocycles. The molecule has 2 heterocycles. The second kappa shape index (κ2) is 13.9. The van der Waals surface area contributed by atoms with Gasteiger partial charge in [-0.05, 0) is 73.6 Å². The summed E-state index contributed by atoms with van der Waals surface area (Å²) in [5.41, 5.74) is 1.81. The number of hydrogen-bond acceptors (Lipinski definition) is 5. The highest BCUT2D eigenvalue weighted by atomic mass is 16.5. The number of amides is 3. The number of anilines is 1. The quantitative estimate of drug-likeness (QED) is 0.402. The summed E-state index contributed by atoms with van der Waals surface area (Å²) >= 11 is 0. The number of nitrogens with zero attached hydrogens (tertiary/aromatic N) is 3. The number of unbranched alkanes of at least 4 members (excludes halogenated alkanes) is 1. The molecule has 1 atom stereocenters. The molecule has 1 spiro atoms. The number of benzene rings is 2. The van der Waals surface area contributed by atoms with Crippen LogP contribution in [0.3, 0.4) is 0 Å². The maximum atomic E-state index is 13.8. The Kier molecular flexibility index (Phi) is 10.1. The van der Waals surface area contributed by atoms with Crippen molar-refractivity contribution in [2.24, 2.45) is 5.92 Å². The molecule has 8 nitrogen and oxygen atoms in total. The van der Waals surface area contributed by atoms with Gasteiger partial charge in [0.25, 0.3) is 5.91 Å². The molecule has 1 saturated carbocycles. The molecular formula is C35H48N4O4. The zero-order chi connectivity index (χ0) is 30.4. The largest absolute Gasteiger partial charge is 0.497 e. The molecular weight excluding hydrogens is 540 g/mol. The van der Waals surface area contributed by atoms with E-state index in [0.717, 1.165) is 55.9 Å². The van der Waals surface area contributed by atoms with E-state index in [4.69, 9.17) is 4.74 Å². The summed E-state index contributed by atoms with van der Waals surface area (Å²) in [6, 6.07) is 14.8. The topological polar surface area (TPSA) is 82.2 Å². The smallest absolute Gasteiger partial charge is 0.258 e. The molecule has 0 radical (unpaired) electrons. The second-order valence-electron chi connectivity index (χ2n) is 12.7. The van der Waals surface area contributed by atoms with E-state index in [2.05, 4.69) is 17.1 Å². The van der Waals surface area contributed by atoms with Crippen LogP contribution in [0.25, 0.3) is 0 Å². The van der Waals surface area contributed by atoms with Crippen LogP contribution < -0.4 is 15.0 Å². The number of methoxy groups -OCH3 is 1. The summed E-state index contributed by atoms with van der Waals surface area (Å²) in [6.07, 6.45) is 10.1. The van der Waals surface area contributed by atoms with Crippen molar-refractivity contribution in [3.05, 3.63) is 59.7 Å². The van der Waals surface area contributed by atoms with Crippen molar-refractivity contribution >= 4 is 23.4 Å². The van der Waals surface area contributed by atoms with Crippen LogP contribution in [-0.4, -0.2) is 72.9 Å². The van der Waals surface area contributed by atoms with E-state index in [-0.39, 0.29) is 23.8 Å². The molecule has 2 aromatic rings. The Bertz CT molecular complexity index is 1250. The molecule has 1 aliphatic carbocycles. The number of rotatable bonds is 10. The minimum atomic E-state index is -0.742. The molecule has 232 valence electrons. The highest BCUT2D eigenvalue weighted by Crippen LogP contribution is 2.36. The van der Waals surface area contributed by atoms with Gasteiger partial charge in [0.15, 0.2) is 0 Å². The van der Waals surface area contributed by atoms with E-state index in [0.29, 0.717) is 30.9 Å². The van der Waals surface area contributed by atoms with Crippen LogP contribution in [0.4, 0.5) is 5.69 Å². The first-order valence-corrected chi connectivity index (χ1v) is 16.2. The van der Waals surface area contributed by atoms with E-state index < -0.39 is 5.54 Å². The average Bonchev–Trinajstić information content (AvgIpc) is 3.05. The molecule has 5 rings (SSSR count). The minimum Gasteiger partial charge on any atom is -0.497 e. The fourth-order valence-electron chi connectivity index (χ4n) is 7.14. The van der Waals surface area contributed by atoms with Crippen molar-refractivity contribution in [2.45, 2.75) is 89.3 Å². The van der Waals surface area contributed by atoms with Crippen LogP contribution in [0.5, 0.6) is 5.75 Å². The van der Waals surface area contributed by atoms with E-state index in [1.165, 1.54) is 32.1 Å². The van der Waals surface area contributed by atoms with Crippen molar-refractivity contribution in [1.82, 2.24) is 15.1 Å². The monoisotopic (exact) mass is 588 g/mol. The van der Waals surface area contributed by atoms with Crippen LogP contribution in [-0.2, 0) is 16.1 Å². The van der Waals surface area contributed by atoms with Gasteiger partial charge in [-0.3, -0.25) is 19.3 Å². The van der Waals surface area contributed by atoms with Gasteiger partial charge in [-0.2, -0.15) is 0 Å². The Balaban J connectivity index is 1.19. The van der Waals surface area contributed by atoms with Gasteiger partial charge in [-0.25, -0.2) is 0 Å². The summed E-state index contributed by atoms with van der Waals surface area (Å²) in [6.45, 7) is 5.03. The zero-order valence-corrected chi connectivity index (χ0v) is 26.1. The molecule has 2 aliphatic heterocycles. The number of likely N-dealkylation sites (tertiary alicyclic amines) is 1. The lowest BCUT2D eigenvalue weighted by Crippen LogP contribution is -2.73. The van der Waals surface area contributed by atoms with Gasteiger partial charge in [0.1, 0.15) is 17.3 Å². The van der Waals surface area contributed by atoms with E-state index in [1.54, 1.807) is 19.1 Å². The Morgan fingerprint density at radius 1 is 1.00 bits per heavy atom. The maximum Gasteiger partial charge on any atom is 0.258 e. The number of piperazine rings is 1. The van der Waals surface area contributed by atoms with Crippen molar-refractivity contribution in [3.63, 3.8) is 0 Å². The number of carbonyl (C=O) groups excluding carboxylic acids is 3. The zero-order valence-electron chi connectivity index (χ0n) is 26.1. The number of hydrogen-bond donors (Lipinski definition) is 1. The van der Waals surface area contributed by atoms with Crippen molar-refractivity contribution in [1.29, 1.82) is 0 Å². The molecule has 3 fully saturated rings. The summed E-state index contributed by atoms with van der Waals surface area (Å²) in [7, 11) is 3.40. The molecule has 3 amide bonds. The van der Waals surface area contributed by atoms with Gasteiger partial charge in [0, 0.05) is 44.5 Å². The fourth-order valence-corrected chi connectivity index (χ4v) is 7.14. The summed E-state index contributed by atoms with van der Waals surface area (Å²) in [5, 5.41) is 3.20. The lowest BCUT2D eigenvalue weighted by Gasteiger charge is -2.52. The Morgan fingerprint density at radius 2 is 1.67 bits per heavy atom. The summed E-state index contributed by atoms with van der Waals surface area (Å²) in [4.78, 5) is 46.6. The average molecular weight is 589 g/mol. The predicted molar refractivity (Wildman–Crippen MR) is 169 cm³/mol. The van der Waals surface area contributed by atoms with Gasteiger partial charge in [0.05, 0.1) is 7.11 Å². The van der Waals surface area contributed by atoms with E-state index >= 15 is 0 Å². The first-order chi connectivity index (χ1) is 20.8. The Morgan fingerprint density at radius 3 is 2.30 bits per heavy atom. The molecule has 0 bridgehead atoms. The lowest BCUT2D eigenvalue weighted by molar-refractivity contribution is -0.162. The SMILES string of the molecule is CCCCN1C(=O)[C@H](CC2CCCCC2)NC(=O)C12CCN(Cc1ccc(C(=O)N(C)c3ccc(OC)cc3)cc1)CC2. The van der Waals surface area contributed by atoms with Crippen molar-refractivity contribution < 1.29 is 19.1 Å². The molecule has 2 aromatic carbocycles. The van der Waals surface area contributed by atoms with Gasteiger partial charge in [0.2, 0.25) is 11.8 Å². The molecule has 1 N–H and O–H groups in total. The number of ether oxygens (including phenoxy) is 1. The third-order valence-corrected chi connectivity index (χ3v) is 9.89. The molecule has 0 unspecified atom stereocenters. The van der Waals surface area contributed by atoms with Gasteiger partial charge in [-0.15, -0.1) is 0 Å². The molecule has 0 aromatic heterocycles. The van der Waals surface area contributed by atoms with E-state index in [1.807, 2.05) is 53.4 Å². The van der Waals surface area contributed by atoms with Crippen LogP contribution in [0.1, 0.15) is 87.1 Å². The van der Waals surface area contributed by atoms with Crippen LogP contribution in [0.15, 0.2) is 48.5 Å². The first-order valence-electron chi connectivity index (χ1n) is 16.2. The van der Waals surface area contributed by atoms with Crippen molar-refractivity contribution in [3.8, 4) is 5.75 Å². The van der Waals surface area contributed by atoms with Crippen LogP contribution in [0.2, 0.25) is 0 Å². The molecule has 43 heavy (non-hydrogen) atoms. The standard InChI is InChI=1S/C35H48N4O4/c1-4-5-21-39-33(41)31(24-26-9-7-6-8-10-26)36-34(42)35(39)19-22-38(23-20-35)25-27-11-13-28(14-12-27)32(40)37(2)29-15-17-30(43-3)18-16-29/h11-18,26,31H,4-10,19-25H2,1-3H3,(H,36,42)/t31-/m0/s1. The van der Waals surface area contributed by atoms with Crippen molar-refractivity contribution in [2.75, 3.05) is 38.7 Å². The summed E-state index contributed by atoms with van der Waals surface area (Å²) < 4.78 is 5.22. The first kappa shape index (κ1) is 31.0. The number of carbonyl (C=O) groups is 3. The lowest BCUT2D eigenvalue weighted by atomic mass is 9.79. The maximum absolute atomic E-state index is 13.8. The Hall–Kier alpha value is -3.39. The Labute approximate surface area is 256 Å². The minimum absolute atomic E-state index is 0.0486. The third kappa shape index (κ3) is 6.90. The molecule has 3 aliphatic rings. The van der Waals surface area contributed by atoms with Gasteiger partial charge < -0.3 is 19.9 Å². The van der Waals surface area contributed by atoms with Crippen LogP contribution in [0, 0.1) is 5.92 Å². The second-order valence-corrected chi connectivity index (χ2v) is 12.7. The third-order valence-electron chi connectivity index (χ3n) is 9.89. The van der Waals surface area contributed by atoms with Gasteiger partial charge >= 0.3 is 0 Å². The fraction of sp³-hybridized carbons (Fsp3) is 0.571. The highest BCUT2D eigenvalue weighted by molar-refractivity contribution is 6.05. The number of piperidine rings is 1. The molecule has 8 heteroatoms. The summed E-state index contributed by atoms with van der Waals surface area (Å²) in [5.74, 6) is 1.40. The van der Waals surface area contributed by atoms with Gasteiger partial charge in [-0.1, -0.05) is 57.6 Å². The van der Waals surface area contributed by atoms with Crippen LogP contribution >= 0.6 is 0 Å². The highest BCUT2D eigenvalue weighted by Gasteiger charge is 2.53. The normalized spacial score (nSPS) is 21.1.